The molecule has 0 amide bonds. The summed E-state index contributed by atoms with van der Waals surface area (Å²) in [7, 11) is 0. The lowest BCUT2D eigenvalue weighted by molar-refractivity contribution is 0.0979. The first-order valence-electron chi connectivity index (χ1n) is 7.14. The minimum absolute atomic E-state index is 0.599. The summed E-state index contributed by atoms with van der Waals surface area (Å²) >= 11 is 3.56. The van der Waals surface area contributed by atoms with Crippen molar-refractivity contribution in [3.63, 3.8) is 0 Å². The zero-order valence-electron chi connectivity index (χ0n) is 11.9. The Balaban J connectivity index is 1.99. The molecule has 0 bridgehead atoms. The molecule has 0 fully saturated rings. The topological polar surface area (TPSA) is 18.5 Å². The van der Waals surface area contributed by atoms with E-state index in [0.29, 0.717) is 13.2 Å². The Kier molecular flexibility index (Phi) is 6.34. The number of benzene rings is 2. The fraction of sp³-hybridized carbons (Fsp3) is 0.412. The highest BCUT2D eigenvalue weighted by Gasteiger charge is 2.07. The van der Waals surface area contributed by atoms with Crippen LogP contribution < -0.4 is 4.74 Å². The van der Waals surface area contributed by atoms with Gasteiger partial charge in [-0.1, -0.05) is 59.6 Å². The maximum Gasteiger partial charge on any atom is 0.124 e. The van der Waals surface area contributed by atoms with Crippen LogP contribution in [0.3, 0.4) is 0 Å². The summed E-state index contributed by atoms with van der Waals surface area (Å²) in [4.78, 5) is 0. The van der Waals surface area contributed by atoms with E-state index >= 15 is 0 Å². The van der Waals surface area contributed by atoms with Crippen molar-refractivity contribution in [2.24, 2.45) is 0 Å². The first kappa shape index (κ1) is 15.3. The van der Waals surface area contributed by atoms with E-state index < -0.39 is 0 Å². The lowest BCUT2D eigenvalue weighted by Crippen LogP contribution is -2.08. The summed E-state index contributed by atoms with van der Waals surface area (Å²) in [5.41, 5.74) is 1.21. The van der Waals surface area contributed by atoms with Crippen molar-refractivity contribution in [2.45, 2.75) is 25.1 Å². The molecule has 0 N–H and O–H groups in total. The highest BCUT2D eigenvalue weighted by Crippen LogP contribution is 2.29. The predicted octanol–water partition coefficient (Wildman–Crippen LogP) is 4.93. The number of fused-ring (bicyclic) bond motifs is 1. The second kappa shape index (κ2) is 8.28. The summed E-state index contributed by atoms with van der Waals surface area (Å²) in [6, 6.07) is 12.5. The Hall–Kier alpha value is -1.06. The Labute approximate surface area is 129 Å². The molecule has 3 heteroatoms. The maximum atomic E-state index is 5.86. The Morgan fingerprint density at radius 2 is 1.85 bits per heavy atom. The largest absolute Gasteiger partial charge is 0.491 e. The highest BCUT2D eigenvalue weighted by molar-refractivity contribution is 9.08. The number of unbranched alkanes of at least 4 members (excludes halogenated alkanes) is 1. The van der Waals surface area contributed by atoms with Crippen LogP contribution in [0.2, 0.25) is 0 Å². The van der Waals surface area contributed by atoms with E-state index in [1.54, 1.807) is 0 Å². The van der Waals surface area contributed by atoms with Crippen LogP contribution in [0.5, 0.6) is 5.75 Å². The van der Waals surface area contributed by atoms with E-state index in [0.717, 1.165) is 24.1 Å². The molecule has 0 saturated carbocycles. The summed E-state index contributed by atoms with van der Waals surface area (Å²) in [6.07, 6.45) is 2.28. The molecule has 2 aromatic carbocycles. The van der Waals surface area contributed by atoms with Crippen molar-refractivity contribution in [1.29, 1.82) is 0 Å². The van der Waals surface area contributed by atoms with Crippen LogP contribution in [0.1, 0.15) is 25.3 Å². The van der Waals surface area contributed by atoms with Gasteiger partial charge in [-0.25, -0.2) is 0 Å². The average Bonchev–Trinajstić information content (AvgIpc) is 2.50. The van der Waals surface area contributed by atoms with Gasteiger partial charge in [0, 0.05) is 17.5 Å². The van der Waals surface area contributed by atoms with Crippen LogP contribution in [-0.4, -0.2) is 19.8 Å². The molecule has 0 heterocycles. The summed E-state index contributed by atoms with van der Waals surface area (Å²) in [5, 5.41) is 3.28. The molecule has 0 aromatic heterocycles. The van der Waals surface area contributed by atoms with Crippen molar-refractivity contribution in [1.82, 2.24) is 0 Å². The predicted molar refractivity (Wildman–Crippen MR) is 87.8 cm³/mol. The van der Waals surface area contributed by atoms with Crippen LogP contribution in [0, 0.1) is 0 Å². The maximum absolute atomic E-state index is 5.86. The molecule has 0 atom stereocenters. The quantitative estimate of drug-likeness (QED) is 0.502. The van der Waals surface area contributed by atoms with Crippen LogP contribution in [0.15, 0.2) is 36.4 Å². The zero-order chi connectivity index (χ0) is 14.2. The molecule has 0 unspecified atom stereocenters. The first-order chi connectivity index (χ1) is 9.86. The van der Waals surface area contributed by atoms with Crippen LogP contribution >= 0.6 is 15.9 Å². The summed E-state index contributed by atoms with van der Waals surface area (Å²) < 4.78 is 11.4. The number of alkyl halides is 1. The van der Waals surface area contributed by atoms with Crippen LogP contribution in [0.4, 0.5) is 0 Å². The molecule has 2 nitrogen and oxygen atoms in total. The lowest BCUT2D eigenvalue weighted by atomic mass is 10.0. The third kappa shape index (κ3) is 3.97. The van der Waals surface area contributed by atoms with Gasteiger partial charge in [-0.15, -0.1) is 0 Å². The van der Waals surface area contributed by atoms with E-state index in [4.69, 9.17) is 9.47 Å². The molecule has 0 aliphatic rings. The van der Waals surface area contributed by atoms with Gasteiger partial charge in [-0.2, -0.15) is 0 Å². The molecule has 0 aliphatic carbocycles. The van der Waals surface area contributed by atoms with Crippen molar-refractivity contribution < 1.29 is 9.47 Å². The smallest absolute Gasteiger partial charge is 0.124 e. The van der Waals surface area contributed by atoms with Gasteiger partial charge in [0.25, 0.3) is 0 Å². The standard InChI is InChI=1S/C17H21BrO2/c1-2-3-10-19-11-12-20-17-9-8-14-6-4-5-7-15(14)16(17)13-18/h4-9H,2-3,10-13H2,1H3. The second-order valence-corrected chi connectivity index (χ2v) is 5.27. The lowest BCUT2D eigenvalue weighted by Gasteiger charge is -2.13. The van der Waals surface area contributed by atoms with Gasteiger partial charge in [0.15, 0.2) is 0 Å². The highest BCUT2D eigenvalue weighted by atomic mass is 79.9. The van der Waals surface area contributed by atoms with Gasteiger partial charge in [0.1, 0.15) is 12.4 Å². The van der Waals surface area contributed by atoms with Gasteiger partial charge in [-0.05, 0) is 23.3 Å². The van der Waals surface area contributed by atoms with Crippen LogP contribution in [0.25, 0.3) is 10.8 Å². The number of ether oxygens (including phenoxy) is 2. The Bertz CT molecular complexity index is 540. The van der Waals surface area contributed by atoms with E-state index in [2.05, 4.69) is 53.2 Å². The van der Waals surface area contributed by atoms with E-state index in [-0.39, 0.29) is 0 Å². The SMILES string of the molecule is CCCCOCCOc1ccc2ccccc2c1CBr. The summed E-state index contributed by atoms with van der Waals surface area (Å²) in [6.45, 7) is 4.23. The number of hydrogen-bond acceptors (Lipinski definition) is 2. The van der Waals surface area contributed by atoms with Gasteiger partial charge < -0.3 is 9.47 Å². The first-order valence-corrected chi connectivity index (χ1v) is 8.26. The molecule has 2 rings (SSSR count). The van der Waals surface area contributed by atoms with Crippen molar-refractivity contribution in [2.75, 3.05) is 19.8 Å². The van der Waals surface area contributed by atoms with E-state index in [9.17, 15) is 0 Å². The molecular formula is C17H21BrO2. The third-order valence-corrected chi connectivity index (χ3v) is 3.82. The van der Waals surface area contributed by atoms with Gasteiger partial charge >= 0.3 is 0 Å². The Morgan fingerprint density at radius 1 is 1.00 bits per heavy atom. The molecular weight excluding hydrogens is 316 g/mol. The average molecular weight is 337 g/mol. The molecule has 0 saturated heterocycles. The zero-order valence-corrected chi connectivity index (χ0v) is 13.5. The Morgan fingerprint density at radius 3 is 2.65 bits per heavy atom. The van der Waals surface area contributed by atoms with Crippen molar-refractivity contribution >= 4 is 26.7 Å². The van der Waals surface area contributed by atoms with Gasteiger partial charge in [0.2, 0.25) is 0 Å². The van der Waals surface area contributed by atoms with Crippen LogP contribution in [-0.2, 0) is 10.1 Å². The van der Waals surface area contributed by atoms with E-state index in [1.807, 2.05) is 6.07 Å². The normalized spacial score (nSPS) is 10.9. The van der Waals surface area contributed by atoms with E-state index in [1.165, 1.54) is 22.8 Å². The molecule has 0 spiro atoms. The van der Waals surface area contributed by atoms with Crippen molar-refractivity contribution in [3.8, 4) is 5.75 Å². The van der Waals surface area contributed by atoms with Gasteiger partial charge in [-0.3, -0.25) is 0 Å². The molecule has 0 aliphatic heterocycles. The molecule has 108 valence electrons. The minimum Gasteiger partial charge on any atom is -0.491 e. The molecule has 2 aromatic rings. The number of rotatable bonds is 8. The fourth-order valence-corrected chi connectivity index (χ4v) is 2.73. The fourth-order valence-electron chi connectivity index (χ4n) is 2.15. The summed E-state index contributed by atoms with van der Waals surface area (Å²) in [5.74, 6) is 0.944. The molecule has 20 heavy (non-hydrogen) atoms. The number of halogens is 1. The van der Waals surface area contributed by atoms with Crippen molar-refractivity contribution in [3.05, 3.63) is 42.0 Å². The number of hydrogen-bond donors (Lipinski definition) is 0. The molecule has 0 radical (unpaired) electrons. The third-order valence-electron chi connectivity index (χ3n) is 3.26. The minimum atomic E-state index is 0.599. The van der Waals surface area contributed by atoms with Gasteiger partial charge in [0.05, 0.1) is 6.61 Å². The second-order valence-electron chi connectivity index (χ2n) is 4.71. The monoisotopic (exact) mass is 336 g/mol.